The number of carbonyl (C=O) groups excluding carboxylic acids is 3. The Labute approximate surface area is 361 Å². The maximum absolute atomic E-state index is 12.8. The van der Waals surface area contributed by atoms with E-state index in [9.17, 15) is 14.4 Å². The van der Waals surface area contributed by atoms with Gasteiger partial charge >= 0.3 is 17.9 Å². The molecule has 0 amide bonds. The minimum atomic E-state index is -0.760. The number of esters is 3. The van der Waals surface area contributed by atoms with E-state index in [0.717, 1.165) is 63.7 Å². The van der Waals surface area contributed by atoms with E-state index >= 15 is 0 Å². The van der Waals surface area contributed by atoms with Gasteiger partial charge in [0.05, 0.1) is 0 Å². The standard InChI is InChI=1S/C52H100O6/c1-5-7-9-11-13-15-17-19-24-27-31-35-39-43-50(53)56-46-49(58-52(55)45-41-37-33-29-23-18-16-14-12-10-8-6-2)47-57-51(54)44-40-36-32-28-25-21-20-22-26-30-34-38-42-48(3)4/h48-49H,5-47H2,1-4H3/t49-/m0/s1. The van der Waals surface area contributed by atoms with Crippen LogP contribution in [0.3, 0.4) is 0 Å². The lowest BCUT2D eigenvalue weighted by molar-refractivity contribution is -0.167. The zero-order valence-electron chi connectivity index (χ0n) is 39.5. The van der Waals surface area contributed by atoms with Crippen molar-refractivity contribution in [3.05, 3.63) is 0 Å². The van der Waals surface area contributed by atoms with Crippen molar-refractivity contribution in [3.8, 4) is 0 Å². The van der Waals surface area contributed by atoms with Gasteiger partial charge in [0, 0.05) is 19.3 Å². The van der Waals surface area contributed by atoms with Gasteiger partial charge in [0.2, 0.25) is 0 Å². The van der Waals surface area contributed by atoms with E-state index in [4.69, 9.17) is 14.2 Å². The summed E-state index contributed by atoms with van der Waals surface area (Å²) in [6, 6.07) is 0. The maximum atomic E-state index is 12.8. The third-order valence-electron chi connectivity index (χ3n) is 11.8. The van der Waals surface area contributed by atoms with Crippen LogP contribution < -0.4 is 0 Å². The molecule has 0 aromatic heterocycles. The molecular formula is C52H100O6. The van der Waals surface area contributed by atoms with Crippen LogP contribution in [0, 0.1) is 5.92 Å². The third-order valence-corrected chi connectivity index (χ3v) is 11.8. The second kappa shape index (κ2) is 46.5. The first kappa shape index (κ1) is 56.4. The van der Waals surface area contributed by atoms with Crippen LogP contribution in [0.1, 0.15) is 291 Å². The molecule has 0 spiro atoms. The van der Waals surface area contributed by atoms with Crippen LogP contribution in [0.25, 0.3) is 0 Å². The largest absolute Gasteiger partial charge is 0.462 e. The summed E-state index contributed by atoms with van der Waals surface area (Å²) in [5.41, 5.74) is 0. The molecule has 0 saturated carbocycles. The summed E-state index contributed by atoms with van der Waals surface area (Å²) in [6.45, 7) is 9.02. The number of ether oxygens (including phenoxy) is 3. The molecule has 0 aliphatic carbocycles. The van der Waals surface area contributed by atoms with Gasteiger partial charge < -0.3 is 14.2 Å². The van der Waals surface area contributed by atoms with Crippen molar-refractivity contribution in [2.45, 2.75) is 297 Å². The molecule has 6 nitrogen and oxygen atoms in total. The minimum absolute atomic E-state index is 0.0626. The van der Waals surface area contributed by atoms with E-state index in [1.54, 1.807) is 0 Å². The molecule has 0 saturated heterocycles. The van der Waals surface area contributed by atoms with Gasteiger partial charge in [-0.15, -0.1) is 0 Å². The lowest BCUT2D eigenvalue weighted by Crippen LogP contribution is -2.30. The van der Waals surface area contributed by atoms with Gasteiger partial charge in [0.1, 0.15) is 13.2 Å². The molecule has 0 bridgehead atoms. The molecule has 344 valence electrons. The highest BCUT2D eigenvalue weighted by Crippen LogP contribution is 2.17. The predicted octanol–water partition coefficient (Wildman–Crippen LogP) is 16.7. The summed E-state index contributed by atoms with van der Waals surface area (Å²) in [5, 5.41) is 0. The molecule has 0 aromatic carbocycles. The Balaban J connectivity index is 4.30. The lowest BCUT2D eigenvalue weighted by atomic mass is 10.0. The van der Waals surface area contributed by atoms with Crippen LogP contribution in [0.2, 0.25) is 0 Å². The van der Waals surface area contributed by atoms with Crippen LogP contribution in [-0.4, -0.2) is 37.2 Å². The van der Waals surface area contributed by atoms with Crippen molar-refractivity contribution in [3.63, 3.8) is 0 Å². The maximum Gasteiger partial charge on any atom is 0.306 e. The lowest BCUT2D eigenvalue weighted by Gasteiger charge is -2.18. The molecule has 0 N–H and O–H groups in total. The number of unbranched alkanes of at least 4 members (excludes halogenated alkanes) is 34. The van der Waals surface area contributed by atoms with E-state index < -0.39 is 6.10 Å². The summed E-state index contributed by atoms with van der Waals surface area (Å²) in [7, 11) is 0. The van der Waals surface area contributed by atoms with E-state index in [-0.39, 0.29) is 31.1 Å². The average molecular weight is 821 g/mol. The van der Waals surface area contributed by atoms with E-state index in [2.05, 4.69) is 27.7 Å². The first-order chi connectivity index (χ1) is 28.4. The normalized spacial score (nSPS) is 11.9. The molecule has 0 aliphatic heterocycles. The first-order valence-electron chi connectivity index (χ1n) is 25.9. The fourth-order valence-electron chi connectivity index (χ4n) is 7.86. The van der Waals surface area contributed by atoms with E-state index in [1.165, 1.54) is 186 Å². The Kier molecular flexibility index (Phi) is 45.2. The van der Waals surface area contributed by atoms with Crippen LogP contribution in [0.15, 0.2) is 0 Å². The molecule has 0 unspecified atom stereocenters. The topological polar surface area (TPSA) is 78.9 Å². The molecule has 0 rings (SSSR count). The number of hydrogen-bond donors (Lipinski definition) is 0. The van der Waals surface area contributed by atoms with Crippen molar-refractivity contribution in [2.24, 2.45) is 5.92 Å². The van der Waals surface area contributed by atoms with Crippen LogP contribution >= 0.6 is 0 Å². The first-order valence-corrected chi connectivity index (χ1v) is 25.9. The molecular weight excluding hydrogens is 721 g/mol. The summed E-state index contributed by atoms with van der Waals surface area (Å²) < 4.78 is 16.8. The second-order valence-corrected chi connectivity index (χ2v) is 18.3. The number of carbonyl (C=O) groups is 3. The van der Waals surface area contributed by atoms with Gasteiger partial charge in [-0.05, 0) is 25.2 Å². The van der Waals surface area contributed by atoms with Gasteiger partial charge in [-0.1, -0.05) is 252 Å². The van der Waals surface area contributed by atoms with Crippen molar-refractivity contribution >= 4 is 17.9 Å². The van der Waals surface area contributed by atoms with Gasteiger partial charge in [0.25, 0.3) is 0 Å². The van der Waals surface area contributed by atoms with Crippen LogP contribution in [-0.2, 0) is 28.6 Å². The highest BCUT2D eigenvalue weighted by Gasteiger charge is 2.19. The predicted molar refractivity (Wildman–Crippen MR) is 247 cm³/mol. The quantitative estimate of drug-likeness (QED) is 0.0346. The molecule has 6 heteroatoms. The highest BCUT2D eigenvalue weighted by atomic mass is 16.6. The van der Waals surface area contributed by atoms with Gasteiger partial charge in [-0.2, -0.15) is 0 Å². The van der Waals surface area contributed by atoms with E-state index in [1.807, 2.05) is 0 Å². The number of rotatable bonds is 47. The zero-order chi connectivity index (χ0) is 42.4. The summed E-state index contributed by atoms with van der Waals surface area (Å²) in [6.07, 6.45) is 47.9. The van der Waals surface area contributed by atoms with Crippen LogP contribution in [0.5, 0.6) is 0 Å². The van der Waals surface area contributed by atoms with Crippen molar-refractivity contribution in [2.75, 3.05) is 13.2 Å². The zero-order valence-corrected chi connectivity index (χ0v) is 39.5. The number of hydrogen-bond acceptors (Lipinski definition) is 6. The molecule has 0 heterocycles. The Hall–Kier alpha value is -1.59. The fourth-order valence-corrected chi connectivity index (χ4v) is 7.86. The average Bonchev–Trinajstić information content (AvgIpc) is 3.21. The second-order valence-electron chi connectivity index (χ2n) is 18.3. The van der Waals surface area contributed by atoms with E-state index in [0.29, 0.717) is 19.3 Å². The molecule has 0 radical (unpaired) electrons. The Morgan fingerprint density at radius 2 is 0.569 bits per heavy atom. The summed E-state index contributed by atoms with van der Waals surface area (Å²) in [5.74, 6) is -0.0101. The minimum Gasteiger partial charge on any atom is -0.462 e. The Bertz CT molecular complexity index is 872. The summed E-state index contributed by atoms with van der Waals surface area (Å²) >= 11 is 0. The smallest absolute Gasteiger partial charge is 0.306 e. The fraction of sp³-hybridized carbons (Fsp3) is 0.942. The van der Waals surface area contributed by atoms with Gasteiger partial charge in [-0.3, -0.25) is 14.4 Å². The van der Waals surface area contributed by atoms with Crippen molar-refractivity contribution in [1.29, 1.82) is 0 Å². The van der Waals surface area contributed by atoms with Gasteiger partial charge in [-0.25, -0.2) is 0 Å². The Morgan fingerprint density at radius 1 is 0.328 bits per heavy atom. The molecule has 1 atom stereocenters. The monoisotopic (exact) mass is 821 g/mol. The van der Waals surface area contributed by atoms with Gasteiger partial charge in [0.15, 0.2) is 6.10 Å². The molecule has 0 aromatic rings. The SMILES string of the molecule is CCCCCCCCCCCCCCCC(=O)OC[C@@H](COC(=O)CCCCCCCCCCCCCCC(C)C)OC(=O)CCCCCCCCCCCCCC. The molecule has 0 fully saturated rings. The van der Waals surface area contributed by atoms with Crippen LogP contribution in [0.4, 0.5) is 0 Å². The summed E-state index contributed by atoms with van der Waals surface area (Å²) in [4.78, 5) is 37.9. The Morgan fingerprint density at radius 3 is 0.845 bits per heavy atom. The molecule has 0 aliphatic rings. The highest BCUT2D eigenvalue weighted by molar-refractivity contribution is 5.71. The third kappa shape index (κ3) is 45.5. The van der Waals surface area contributed by atoms with Crippen molar-refractivity contribution in [1.82, 2.24) is 0 Å². The van der Waals surface area contributed by atoms with Crippen molar-refractivity contribution < 1.29 is 28.6 Å². The molecule has 58 heavy (non-hydrogen) atoms.